The van der Waals surface area contributed by atoms with E-state index in [2.05, 4.69) is 22.6 Å². The summed E-state index contributed by atoms with van der Waals surface area (Å²) in [5, 5.41) is 15.7. The maximum atomic E-state index is 14.3. The number of rotatable bonds is 1. The maximum absolute atomic E-state index is 14.3. The summed E-state index contributed by atoms with van der Waals surface area (Å²) < 4.78 is 15.9. The van der Waals surface area contributed by atoms with Gasteiger partial charge in [-0.25, -0.2) is 4.39 Å². The average Bonchev–Trinajstić information content (AvgIpc) is 2.57. The fourth-order valence-corrected chi connectivity index (χ4v) is 3.80. The molecule has 0 saturated carbocycles. The van der Waals surface area contributed by atoms with Crippen molar-refractivity contribution < 1.29 is 9.12 Å². The third-order valence-electron chi connectivity index (χ3n) is 4.01. The molecular weight excluding hydrogens is 404 g/mol. The monoisotopic (exact) mass is 415 g/mol. The molecule has 4 heteroatoms. The first-order valence-electron chi connectivity index (χ1n) is 7.15. The Kier molecular flexibility index (Phi) is 3.41. The van der Waals surface area contributed by atoms with E-state index in [4.69, 9.17) is 0 Å². The molecule has 0 N–H and O–H groups in total. The van der Waals surface area contributed by atoms with E-state index in [-0.39, 0.29) is 5.82 Å². The Labute approximate surface area is 145 Å². The van der Waals surface area contributed by atoms with Gasteiger partial charge in [-0.05, 0) is 45.5 Å². The number of benzene rings is 3. The summed E-state index contributed by atoms with van der Waals surface area (Å²) in [4.78, 5) is 0. The van der Waals surface area contributed by atoms with Crippen LogP contribution in [0.1, 0.15) is 0 Å². The molecule has 112 valence electrons. The lowest BCUT2D eigenvalue weighted by molar-refractivity contribution is -0.592. The number of nitrogens with zero attached hydrogens (tertiary/aromatic N) is 1. The maximum Gasteiger partial charge on any atom is 0.233 e. The van der Waals surface area contributed by atoms with Crippen molar-refractivity contribution in [2.45, 2.75) is 0 Å². The molecular formula is C19H11FINO. The van der Waals surface area contributed by atoms with Crippen LogP contribution in [-0.4, -0.2) is 0 Å². The van der Waals surface area contributed by atoms with Crippen LogP contribution in [-0.2, 0) is 0 Å². The molecule has 0 saturated heterocycles. The summed E-state index contributed by atoms with van der Waals surface area (Å²) in [6, 6.07) is 18.3. The van der Waals surface area contributed by atoms with Gasteiger partial charge >= 0.3 is 0 Å². The van der Waals surface area contributed by atoms with Crippen LogP contribution in [0.15, 0.2) is 66.9 Å². The molecule has 0 radical (unpaired) electrons. The van der Waals surface area contributed by atoms with Gasteiger partial charge in [0.15, 0.2) is 6.20 Å². The molecule has 0 fully saturated rings. The number of halogens is 2. The Hall–Kier alpha value is -2.21. The van der Waals surface area contributed by atoms with E-state index >= 15 is 0 Å². The zero-order chi connectivity index (χ0) is 16.0. The molecule has 0 atom stereocenters. The third kappa shape index (κ3) is 2.25. The van der Waals surface area contributed by atoms with Crippen LogP contribution in [0.25, 0.3) is 32.8 Å². The quantitative estimate of drug-likeness (QED) is 0.243. The first-order valence-corrected chi connectivity index (χ1v) is 8.23. The van der Waals surface area contributed by atoms with Gasteiger partial charge in [-0.1, -0.05) is 42.5 Å². The largest absolute Gasteiger partial charge is 0.618 e. The van der Waals surface area contributed by atoms with Crippen molar-refractivity contribution in [2.24, 2.45) is 0 Å². The van der Waals surface area contributed by atoms with Crippen LogP contribution in [0.2, 0.25) is 0 Å². The highest BCUT2D eigenvalue weighted by Gasteiger charge is 2.21. The van der Waals surface area contributed by atoms with Gasteiger partial charge in [0.25, 0.3) is 0 Å². The minimum absolute atomic E-state index is 0.272. The summed E-state index contributed by atoms with van der Waals surface area (Å²) in [5.74, 6) is -0.272. The molecule has 23 heavy (non-hydrogen) atoms. The average molecular weight is 415 g/mol. The van der Waals surface area contributed by atoms with Crippen LogP contribution in [0.5, 0.6) is 0 Å². The molecule has 0 bridgehead atoms. The van der Waals surface area contributed by atoms with Gasteiger partial charge < -0.3 is 5.21 Å². The molecule has 3 aromatic carbocycles. The van der Waals surface area contributed by atoms with Crippen LogP contribution < -0.4 is 4.73 Å². The first-order chi connectivity index (χ1) is 11.2. The number of hydrogen-bond donors (Lipinski definition) is 0. The van der Waals surface area contributed by atoms with Crippen LogP contribution in [0.3, 0.4) is 0 Å². The Bertz CT molecular complexity index is 1060. The van der Waals surface area contributed by atoms with Gasteiger partial charge in [-0.15, -0.1) is 0 Å². The van der Waals surface area contributed by atoms with Crippen molar-refractivity contribution in [3.8, 4) is 11.3 Å². The predicted octanol–water partition coefficient (Wildman–Crippen LogP) is 5.04. The van der Waals surface area contributed by atoms with Crippen LogP contribution in [0.4, 0.5) is 4.39 Å². The van der Waals surface area contributed by atoms with E-state index in [9.17, 15) is 9.60 Å². The highest BCUT2D eigenvalue weighted by Crippen LogP contribution is 2.36. The summed E-state index contributed by atoms with van der Waals surface area (Å²) in [6.45, 7) is 0. The second kappa shape index (κ2) is 5.45. The second-order valence-electron chi connectivity index (χ2n) is 5.34. The number of aromatic nitrogens is 1. The normalized spacial score (nSPS) is 11.2. The smallest absolute Gasteiger partial charge is 0.233 e. The van der Waals surface area contributed by atoms with E-state index in [1.807, 2.05) is 36.4 Å². The van der Waals surface area contributed by atoms with Crippen molar-refractivity contribution in [3.63, 3.8) is 0 Å². The molecule has 1 heterocycles. The molecule has 0 aliphatic carbocycles. The number of hydrogen-bond acceptors (Lipinski definition) is 1. The summed E-state index contributed by atoms with van der Waals surface area (Å²) in [5.41, 5.74) is 1.33. The Morgan fingerprint density at radius 3 is 2.30 bits per heavy atom. The van der Waals surface area contributed by atoms with E-state index in [1.165, 1.54) is 12.3 Å². The summed E-state index contributed by atoms with van der Waals surface area (Å²) >= 11 is 2.09. The molecule has 0 aliphatic heterocycles. The van der Waals surface area contributed by atoms with Gasteiger partial charge in [0.05, 0.1) is 10.9 Å². The molecule has 0 aliphatic rings. The van der Waals surface area contributed by atoms with E-state index in [1.54, 1.807) is 18.2 Å². The molecule has 0 amide bonds. The Morgan fingerprint density at radius 1 is 0.870 bits per heavy atom. The predicted molar refractivity (Wildman–Crippen MR) is 98.5 cm³/mol. The zero-order valence-electron chi connectivity index (χ0n) is 12.0. The molecule has 4 aromatic rings. The van der Waals surface area contributed by atoms with Crippen molar-refractivity contribution in [2.75, 3.05) is 0 Å². The lowest BCUT2D eigenvalue weighted by atomic mass is 9.98. The summed E-state index contributed by atoms with van der Waals surface area (Å²) in [6.07, 6.45) is 1.51. The van der Waals surface area contributed by atoms with Crippen molar-refractivity contribution in [3.05, 3.63) is 81.5 Å². The van der Waals surface area contributed by atoms with Gasteiger partial charge in [0.1, 0.15) is 5.82 Å². The van der Waals surface area contributed by atoms with Gasteiger partial charge in [-0.3, -0.25) is 0 Å². The Morgan fingerprint density at radius 2 is 1.52 bits per heavy atom. The first kappa shape index (κ1) is 14.4. The number of pyridine rings is 1. The minimum atomic E-state index is -0.272. The fraction of sp³-hybridized carbons (Fsp3) is 0. The minimum Gasteiger partial charge on any atom is -0.618 e. The lowest BCUT2D eigenvalue weighted by Crippen LogP contribution is -2.29. The standard InChI is InChI=1S/C19H11FINO/c20-16-11-17(21)18(15-8-4-3-7-14(15)16)19-13-6-2-1-5-12(13)9-10-22(19)23/h1-11H. The third-order valence-corrected chi connectivity index (χ3v) is 4.86. The Balaban J connectivity index is 2.22. The van der Waals surface area contributed by atoms with Gasteiger partial charge in [-0.2, -0.15) is 4.73 Å². The molecule has 4 rings (SSSR count). The molecule has 1 aromatic heterocycles. The van der Waals surface area contributed by atoms with E-state index < -0.39 is 0 Å². The van der Waals surface area contributed by atoms with E-state index in [0.29, 0.717) is 11.1 Å². The summed E-state index contributed by atoms with van der Waals surface area (Å²) in [7, 11) is 0. The van der Waals surface area contributed by atoms with Gasteiger partial charge in [0.2, 0.25) is 5.69 Å². The van der Waals surface area contributed by atoms with Crippen molar-refractivity contribution >= 4 is 44.1 Å². The molecule has 0 spiro atoms. The van der Waals surface area contributed by atoms with Crippen molar-refractivity contribution in [1.29, 1.82) is 0 Å². The highest BCUT2D eigenvalue weighted by molar-refractivity contribution is 14.1. The van der Waals surface area contributed by atoms with E-state index in [0.717, 1.165) is 30.0 Å². The topological polar surface area (TPSA) is 26.9 Å². The van der Waals surface area contributed by atoms with Crippen LogP contribution >= 0.6 is 22.6 Å². The lowest BCUT2D eigenvalue weighted by Gasteiger charge is -2.13. The zero-order valence-corrected chi connectivity index (χ0v) is 14.1. The SMILES string of the molecule is [O-][n+]1ccc2ccccc2c1-c1c(I)cc(F)c2ccccc12. The fourth-order valence-electron chi connectivity index (χ4n) is 2.98. The second-order valence-corrected chi connectivity index (χ2v) is 6.50. The van der Waals surface area contributed by atoms with Crippen LogP contribution in [0, 0.1) is 14.6 Å². The number of fused-ring (bicyclic) bond motifs is 2. The highest BCUT2D eigenvalue weighted by atomic mass is 127. The van der Waals surface area contributed by atoms with Gasteiger partial charge in [0, 0.05) is 15.0 Å². The van der Waals surface area contributed by atoms with Crippen molar-refractivity contribution in [1.82, 2.24) is 0 Å². The molecule has 2 nitrogen and oxygen atoms in total. The molecule has 0 unspecified atom stereocenters.